The van der Waals surface area contributed by atoms with Gasteiger partial charge in [-0.1, -0.05) is 18.7 Å². The second-order valence-corrected chi connectivity index (χ2v) is 7.32. The van der Waals surface area contributed by atoms with E-state index in [1.807, 2.05) is 0 Å². The number of thioether (sulfide) groups is 1. The van der Waals surface area contributed by atoms with Crippen molar-refractivity contribution in [2.45, 2.75) is 26.3 Å². The number of carbonyl (C=O) groups is 3. The number of nitrogens with zero attached hydrogens (tertiary/aromatic N) is 1. The summed E-state index contributed by atoms with van der Waals surface area (Å²) in [5, 5.41) is 9.22. The average Bonchev–Trinajstić information content (AvgIpc) is 2.62. The van der Waals surface area contributed by atoms with E-state index in [9.17, 15) is 19.5 Å². The van der Waals surface area contributed by atoms with Crippen LogP contribution in [0.2, 0.25) is 0 Å². The van der Waals surface area contributed by atoms with Gasteiger partial charge in [-0.3, -0.25) is 14.4 Å². The number of carboxylic acid groups (broad SMARTS) is 1. The van der Waals surface area contributed by atoms with Crippen LogP contribution in [0.1, 0.15) is 31.9 Å². The van der Waals surface area contributed by atoms with Gasteiger partial charge in [-0.25, -0.2) is 0 Å². The summed E-state index contributed by atoms with van der Waals surface area (Å²) in [6.45, 7) is 3.13. The Hall–Kier alpha value is -2.22. The van der Waals surface area contributed by atoms with E-state index in [0.717, 1.165) is 17.3 Å². The molecule has 1 aromatic rings. The monoisotopic (exact) mass is 381 g/mol. The van der Waals surface area contributed by atoms with Crippen LogP contribution in [0.3, 0.4) is 0 Å². The van der Waals surface area contributed by atoms with Gasteiger partial charge in [0.25, 0.3) is 0 Å². The van der Waals surface area contributed by atoms with E-state index in [1.54, 1.807) is 32.2 Å². The number of hydrogen-bond acceptors (Lipinski definition) is 6. The predicted molar refractivity (Wildman–Crippen MR) is 97.5 cm³/mol. The number of carboxylic acids is 1. The third-order valence-electron chi connectivity index (χ3n) is 4.15. The van der Waals surface area contributed by atoms with Gasteiger partial charge in [-0.2, -0.15) is 0 Å². The van der Waals surface area contributed by atoms with Crippen LogP contribution in [-0.4, -0.2) is 53.0 Å². The Kier molecular flexibility index (Phi) is 6.90. The molecular formula is C18H23NO6S. The summed E-state index contributed by atoms with van der Waals surface area (Å²) in [7, 11) is 1.55. The number of aliphatic carboxylic acids is 1. The largest absolute Gasteiger partial charge is 0.497 e. The van der Waals surface area contributed by atoms with E-state index in [-0.39, 0.29) is 11.0 Å². The van der Waals surface area contributed by atoms with Crippen LogP contribution in [0.15, 0.2) is 18.2 Å². The van der Waals surface area contributed by atoms with Gasteiger partial charge < -0.3 is 19.5 Å². The molecule has 1 N–H and O–H groups in total. The number of hydrogen-bond donors (Lipinski definition) is 1. The van der Waals surface area contributed by atoms with Crippen LogP contribution in [0.25, 0.3) is 0 Å². The maximum absolute atomic E-state index is 12.9. The minimum atomic E-state index is -1.08. The summed E-state index contributed by atoms with van der Waals surface area (Å²) in [6.07, 6.45) is 0.505. The van der Waals surface area contributed by atoms with Crippen LogP contribution in [-0.2, 0) is 14.4 Å². The zero-order valence-corrected chi connectivity index (χ0v) is 15.9. The molecule has 1 amide bonds. The van der Waals surface area contributed by atoms with Gasteiger partial charge in [0.15, 0.2) is 5.12 Å². The summed E-state index contributed by atoms with van der Waals surface area (Å²) in [5.41, 5.74) is 0.762. The molecule has 0 fully saturated rings. The Morgan fingerprint density at radius 3 is 2.77 bits per heavy atom. The first-order valence-electron chi connectivity index (χ1n) is 8.29. The summed E-state index contributed by atoms with van der Waals surface area (Å²) < 4.78 is 10.8. The molecule has 0 aliphatic carbocycles. The van der Waals surface area contributed by atoms with Gasteiger partial charge in [0.1, 0.15) is 18.0 Å². The molecular weight excluding hydrogens is 358 g/mol. The molecule has 1 aliphatic rings. The summed E-state index contributed by atoms with van der Waals surface area (Å²) in [5.74, 6) is -0.279. The Morgan fingerprint density at radius 2 is 2.15 bits per heavy atom. The van der Waals surface area contributed by atoms with Crippen LogP contribution in [0.4, 0.5) is 0 Å². The fourth-order valence-corrected chi connectivity index (χ4v) is 3.51. The Balaban J connectivity index is 2.28. The summed E-state index contributed by atoms with van der Waals surface area (Å²) in [6, 6.07) is 4.91. The van der Waals surface area contributed by atoms with Crippen molar-refractivity contribution in [3.63, 3.8) is 0 Å². The highest BCUT2D eigenvalue weighted by molar-refractivity contribution is 8.13. The van der Waals surface area contributed by atoms with Crippen molar-refractivity contribution in [3.8, 4) is 11.5 Å². The van der Waals surface area contributed by atoms with Crippen molar-refractivity contribution in [1.82, 2.24) is 4.90 Å². The predicted octanol–water partition coefficient (Wildman–Crippen LogP) is 2.35. The molecule has 142 valence electrons. The molecule has 0 bridgehead atoms. The number of fused-ring (bicyclic) bond motifs is 1. The first kappa shape index (κ1) is 20.1. The third kappa shape index (κ3) is 4.91. The fraction of sp³-hybridized carbons (Fsp3) is 0.500. The van der Waals surface area contributed by atoms with Crippen molar-refractivity contribution in [1.29, 1.82) is 0 Å². The number of amides is 1. The van der Waals surface area contributed by atoms with E-state index < -0.39 is 24.5 Å². The van der Waals surface area contributed by atoms with Gasteiger partial charge in [0.05, 0.1) is 19.8 Å². The molecule has 1 aromatic carbocycles. The van der Waals surface area contributed by atoms with Gasteiger partial charge >= 0.3 is 5.97 Å². The smallest absolute Gasteiger partial charge is 0.323 e. The number of methoxy groups -OCH3 is 1. The molecule has 26 heavy (non-hydrogen) atoms. The number of carbonyl (C=O) groups excluding carboxylic acids is 2. The normalized spacial score (nSPS) is 16.8. The lowest BCUT2D eigenvalue weighted by Crippen LogP contribution is -2.43. The molecule has 0 saturated carbocycles. The first-order chi connectivity index (χ1) is 12.3. The zero-order chi connectivity index (χ0) is 19.3. The minimum Gasteiger partial charge on any atom is -0.497 e. The fourth-order valence-electron chi connectivity index (χ4n) is 2.89. The number of benzene rings is 1. The van der Waals surface area contributed by atoms with E-state index in [1.165, 1.54) is 11.8 Å². The van der Waals surface area contributed by atoms with Gasteiger partial charge in [-0.05, 0) is 12.1 Å². The lowest BCUT2D eigenvalue weighted by Gasteiger charge is -2.36. The molecule has 0 spiro atoms. The molecule has 8 heteroatoms. The summed E-state index contributed by atoms with van der Waals surface area (Å²) >= 11 is 1.07. The standard InChI is InChI=1S/C18H23NO6S/c1-11(10-26-12(2)20)18(23)19(9-17(21)22)15-6-7-25-16-8-13(24-3)4-5-14(15)16/h4-5,8,11,15H,6-7,9-10H2,1-3H3,(H,21,22). The van der Waals surface area contributed by atoms with Crippen molar-refractivity contribution in [2.24, 2.45) is 5.92 Å². The lowest BCUT2D eigenvalue weighted by atomic mass is 9.97. The van der Waals surface area contributed by atoms with Crippen LogP contribution in [0.5, 0.6) is 11.5 Å². The van der Waals surface area contributed by atoms with E-state index in [4.69, 9.17) is 9.47 Å². The van der Waals surface area contributed by atoms with Gasteiger partial charge in [0, 0.05) is 36.6 Å². The van der Waals surface area contributed by atoms with Crippen molar-refractivity contribution in [3.05, 3.63) is 23.8 Å². The van der Waals surface area contributed by atoms with E-state index >= 15 is 0 Å². The summed E-state index contributed by atoms with van der Waals surface area (Å²) in [4.78, 5) is 36.8. The maximum Gasteiger partial charge on any atom is 0.323 e. The highest BCUT2D eigenvalue weighted by atomic mass is 32.2. The first-order valence-corrected chi connectivity index (χ1v) is 9.28. The zero-order valence-electron chi connectivity index (χ0n) is 15.1. The lowest BCUT2D eigenvalue weighted by molar-refractivity contribution is -0.148. The van der Waals surface area contributed by atoms with Gasteiger partial charge in [-0.15, -0.1) is 0 Å². The average molecular weight is 381 g/mol. The molecule has 0 radical (unpaired) electrons. The van der Waals surface area contributed by atoms with Crippen molar-refractivity contribution >= 4 is 28.8 Å². The van der Waals surface area contributed by atoms with Crippen molar-refractivity contribution in [2.75, 3.05) is 26.0 Å². The molecule has 1 heterocycles. The van der Waals surface area contributed by atoms with Crippen LogP contribution >= 0.6 is 11.8 Å². The molecule has 0 saturated heterocycles. The van der Waals surface area contributed by atoms with Gasteiger partial charge in [0.2, 0.25) is 5.91 Å². The molecule has 2 atom stereocenters. The second kappa shape index (κ2) is 8.93. The maximum atomic E-state index is 12.9. The molecule has 2 rings (SSSR count). The quantitative estimate of drug-likeness (QED) is 0.775. The van der Waals surface area contributed by atoms with E-state index in [2.05, 4.69) is 0 Å². The van der Waals surface area contributed by atoms with E-state index in [0.29, 0.717) is 30.3 Å². The van der Waals surface area contributed by atoms with Crippen LogP contribution < -0.4 is 9.47 Å². The topological polar surface area (TPSA) is 93.1 Å². The number of rotatable bonds is 7. The second-order valence-electron chi connectivity index (χ2n) is 6.12. The SMILES string of the molecule is COc1ccc2c(c1)OCCC2N(CC(=O)O)C(=O)C(C)CSC(C)=O. The highest BCUT2D eigenvalue weighted by Crippen LogP contribution is 2.38. The molecule has 2 unspecified atom stereocenters. The minimum absolute atomic E-state index is 0.0714. The molecule has 0 aromatic heterocycles. The third-order valence-corrected chi connectivity index (χ3v) is 5.22. The molecule has 1 aliphatic heterocycles. The Bertz CT molecular complexity index is 692. The Morgan fingerprint density at radius 1 is 1.42 bits per heavy atom. The Labute approximate surface area is 156 Å². The number of ether oxygens (including phenoxy) is 2. The van der Waals surface area contributed by atoms with Crippen LogP contribution in [0, 0.1) is 5.92 Å². The molecule has 7 nitrogen and oxygen atoms in total. The highest BCUT2D eigenvalue weighted by Gasteiger charge is 2.34. The van der Waals surface area contributed by atoms with Crippen molar-refractivity contribution < 1.29 is 29.0 Å².